The molecule has 1 atom stereocenters. The molecule has 1 unspecified atom stereocenters. The van der Waals surface area contributed by atoms with Gasteiger partial charge in [0.05, 0.1) is 24.4 Å². The lowest BCUT2D eigenvalue weighted by Gasteiger charge is -2.38. The molecule has 3 aliphatic heterocycles. The zero-order valence-corrected chi connectivity index (χ0v) is 21.3. The van der Waals surface area contributed by atoms with Gasteiger partial charge in [-0.15, -0.1) is 0 Å². The normalized spacial score (nSPS) is 21.7. The highest BCUT2D eigenvalue weighted by molar-refractivity contribution is 5.98. The summed E-state index contributed by atoms with van der Waals surface area (Å²) in [5, 5.41) is 14.4. The van der Waals surface area contributed by atoms with Gasteiger partial charge in [0, 0.05) is 56.5 Å². The predicted molar refractivity (Wildman–Crippen MR) is 144 cm³/mol. The average Bonchev–Trinajstić information content (AvgIpc) is 2.82. The smallest absolute Gasteiger partial charge is 0.107 e. The maximum atomic E-state index is 7.90. The first kappa shape index (κ1) is 26.3. The Hall–Kier alpha value is -3.30. The van der Waals surface area contributed by atoms with Gasteiger partial charge in [0.2, 0.25) is 0 Å². The number of hydrogen-bond acceptors (Lipinski definition) is 9. The maximum absolute atomic E-state index is 7.90. The van der Waals surface area contributed by atoms with Crippen LogP contribution in [0.1, 0.15) is 20.8 Å². The first-order valence-corrected chi connectivity index (χ1v) is 12.2. The Kier molecular flexibility index (Phi) is 9.33. The number of dihydropyridines is 1. The quantitative estimate of drug-likeness (QED) is 0.164. The minimum absolute atomic E-state index is 0.0725. The zero-order chi connectivity index (χ0) is 25.4. The Morgan fingerprint density at radius 1 is 1.34 bits per heavy atom. The lowest BCUT2D eigenvalue weighted by Crippen LogP contribution is -2.52. The molecule has 7 N–H and O–H groups in total. The van der Waals surface area contributed by atoms with E-state index in [1.54, 1.807) is 12.4 Å². The summed E-state index contributed by atoms with van der Waals surface area (Å²) >= 11 is 0. The largest absolute Gasteiger partial charge is 0.404 e. The van der Waals surface area contributed by atoms with Gasteiger partial charge in [0.1, 0.15) is 11.6 Å². The number of rotatable bonds is 12. The molecule has 0 radical (unpaired) electrons. The molecule has 0 saturated carbocycles. The Morgan fingerprint density at radius 2 is 2.11 bits per heavy atom. The van der Waals surface area contributed by atoms with E-state index in [1.807, 2.05) is 31.5 Å². The highest BCUT2D eigenvalue weighted by Crippen LogP contribution is 2.27. The first-order valence-electron chi connectivity index (χ1n) is 12.2. The van der Waals surface area contributed by atoms with Gasteiger partial charge in [-0.05, 0) is 48.5 Å². The third-order valence-electron chi connectivity index (χ3n) is 6.37. The van der Waals surface area contributed by atoms with Crippen LogP contribution in [0, 0.1) is 11.3 Å². The van der Waals surface area contributed by atoms with Crippen molar-refractivity contribution in [3.8, 4) is 0 Å². The third-order valence-corrected chi connectivity index (χ3v) is 6.37. The van der Waals surface area contributed by atoms with Crippen LogP contribution < -0.4 is 22.1 Å². The summed E-state index contributed by atoms with van der Waals surface area (Å²) in [6.07, 6.45) is 14.8. The number of nitrogens with one attached hydrogen (secondary N) is 3. The molecule has 0 aromatic carbocycles. The standard InChI is InChI=1S/C26H40N8O/c1-5-34-16-22(17-34)35-9-8-30-14-21(13-28)20-10-24-23(31-15-20)6-7-26(33(24)4)32-25(29)11-19(12-27)18(2)3/h6-7,10-15,18,22,24,28,30,32H,5,8-9,16-17,27,29H2,1-4H3/b19-12+,21-14+,25-11+,28-13?. The van der Waals surface area contributed by atoms with Gasteiger partial charge >= 0.3 is 0 Å². The van der Waals surface area contributed by atoms with Crippen molar-refractivity contribution in [1.82, 2.24) is 20.4 Å². The minimum Gasteiger partial charge on any atom is -0.404 e. The van der Waals surface area contributed by atoms with E-state index >= 15 is 0 Å². The van der Waals surface area contributed by atoms with E-state index in [0.717, 1.165) is 47.9 Å². The molecule has 3 rings (SSSR count). The van der Waals surface area contributed by atoms with Gasteiger partial charge in [-0.2, -0.15) is 0 Å². The number of aliphatic imine (C=N–C) groups is 1. The molecular formula is C26H40N8O. The van der Waals surface area contributed by atoms with Crippen molar-refractivity contribution in [3.05, 3.63) is 70.8 Å². The van der Waals surface area contributed by atoms with Crippen LogP contribution in [0.3, 0.4) is 0 Å². The van der Waals surface area contributed by atoms with Gasteiger partial charge < -0.3 is 37.1 Å². The van der Waals surface area contributed by atoms with Crippen LogP contribution in [0.5, 0.6) is 0 Å². The Morgan fingerprint density at radius 3 is 2.77 bits per heavy atom. The molecule has 35 heavy (non-hydrogen) atoms. The summed E-state index contributed by atoms with van der Waals surface area (Å²) in [6.45, 7) is 10.7. The number of nitrogens with two attached hydrogens (primary N) is 2. The van der Waals surface area contributed by atoms with E-state index in [1.165, 1.54) is 6.21 Å². The Bertz CT molecular complexity index is 979. The highest BCUT2D eigenvalue weighted by atomic mass is 16.5. The SMILES string of the molecule is CCN1CC(OCCN/C=C(\C=N)C2=CC3C(=CC=C(N/C(N)=C/C(=C\N)C(C)C)N3C)N=C2)C1. The van der Waals surface area contributed by atoms with Crippen molar-refractivity contribution < 1.29 is 4.74 Å². The number of allylic oxidation sites excluding steroid dienone is 6. The van der Waals surface area contributed by atoms with E-state index < -0.39 is 0 Å². The number of ether oxygens (including phenoxy) is 1. The summed E-state index contributed by atoms with van der Waals surface area (Å²) in [7, 11) is 1.99. The summed E-state index contributed by atoms with van der Waals surface area (Å²) in [6, 6.07) is -0.0725. The predicted octanol–water partition coefficient (Wildman–Crippen LogP) is 1.77. The lowest BCUT2D eigenvalue weighted by atomic mass is 9.99. The van der Waals surface area contributed by atoms with Gasteiger partial charge in [0.15, 0.2) is 0 Å². The maximum Gasteiger partial charge on any atom is 0.107 e. The van der Waals surface area contributed by atoms with Crippen LogP contribution in [0.4, 0.5) is 0 Å². The van der Waals surface area contributed by atoms with E-state index in [2.05, 4.69) is 52.3 Å². The van der Waals surface area contributed by atoms with Crippen LogP contribution in [0.25, 0.3) is 0 Å². The van der Waals surface area contributed by atoms with Gasteiger partial charge in [-0.25, -0.2) is 0 Å². The van der Waals surface area contributed by atoms with Crippen molar-refractivity contribution in [1.29, 1.82) is 5.41 Å². The fraction of sp³-hybridized carbons (Fsp3) is 0.462. The molecule has 3 heterocycles. The molecule has 3 aliphatic rings. The number of hydrogen-bond donors (Lipinski definition) is 5. The number of likely N-dealkylation sites (N-methyl/N-ethyl adjacent to an activating group) is 2. The lowest BCUT2D eigenvalue weighted by molar-refractivity contribution is -0.0500. The van der Waals surface area contributed by atoms with Gasteiger partial charge in [-0.1, -0.05) is 20.8 Å². The van der Waals surface area contributed by atoms with E-state index in [-0.39, 0.29) is 12.0 Å². The summed E-state index contributed by atoms with van der Waals surface area (Å²) < 4.78 is 5.86. The molecule has 9 heteroatoms. The van der Waals surface area contributed by atoms with Crippen molar-refractivity contribution in [2.45, 2.75) is 32.9 Å². The topological polar surface area (TPSA) is 128 Å². The van der Waals surface area contributed by atoms with Gasteiger partial charge in [-0.3, -0.25) is 9.89 Å². The summed E-state index contributed by atoms with van der Waals surface area (Å²) in [5.74, 6) is 1.65. The number of likely N-dealkylation sites (tertiary alicyclic amines) is 1. The molecule has 0 bridgehead atoms. The zero-order valence-electron chi connectivity index (χ0n) is 21.3. The average molecular weight is 481 g/mol. The number of nitrogens with zero attached hydrogens (tertiary/aromatic N) is 3. The van der Waals surface area contributed by atoms with E-state index in [4.69, 9.17) is 21.6 Å². The molecular weight excluding hydrogens is 440 g/mol. The van der Waals surface area contributed by atoms with Crippen LogP contribution >= 0.6 is 0 Å². The fourth-order valence-electron chi connectivity index (χ4n) is 4.03. The highest BCUT2D eigenvalue weighted by Gasteiger charge is 2.26. The number of fused-ring (bicyclic) bond motifs is 1. The fourth-order valence-corrected chi connectivity index (χ4v) is 4.03. The van der Waals surface area contributed by atoms with Crippen molar-refractivity contribution in [2.24, 2.45) is 22.4 Å². The second-order valence-corrected chi connectivity index (χ2v) is 9.17. The molecule has 0 aromatic rings. The van der Waals surface area contributed by atoms with Crippen LogP contribution in [0.15, 0.2) is 75.8 Å². The molecule has 0 aliphatic carbocycles. The molecule has 0 aromatic heterocycles. The van der Waals surface area contributed by atoms with E-state index in [0.29, 0.717) is 25.1 Å². The molecule has 1 saturated heterocycles. The summed E-state index contributed by atoms with van der Waals surface area (Å²) in [4.78, 5) is 9.06. The first-order chi connectivity index (χ1) is 16.9. The Labute approximate surface area is 209 Å². The second-order valence-electron chi connectivity index (χ2n) is 9.17. The minimum atomic E-state index is -0.0725. The van der Waals surface area contributed by atoms with Crippen molar-refractivity contribution in [2.75, 3.05) is 39.8 Å². The van der Waals surface area contributed by atoms with Crippen LogP contribution in [-0.2, 0) is 4.74 Å². The van der Waals surface area contributed by atoms with Crippen LogP contribution in [-0.4, -0.2) is 74.2 Å². The second kappa shape index (κ2) is 12.4. The monoisotopic (exact) mass is 480 g/mol. The van der Waals surface area contributed by atoms with E-state index in [9.17, 15) is 0 Å². The molecule has 9 nitrogen and oxygen atoms in total. The molecule has 0 amide bonds. The molecule has 190 valence electrons. The summed E-state index contributed by atoms with van der Waals surface area (Å²) in [5.41, 5.74) is 15.5. The van der Waals surface area contributed by atoms with Crippen molar-refractivity contribution in [3.63, 3.8) is 0 Å². The Balaban J connectivity index is 1.59. The van der Waals surface area contributed by atoms with Crippen molar-refractivity contribution >= 4 is 12.4 Å². The molecule has 1 fully saturated rings. The third kappa shape index (κ3) is 6.86. The molecule has 0 spiro atoms. The van der Waals surface area contributed by atoms with Gasteiger partial charge in [0.25, 0.3) is 0 Å². The van der Waals surface area contributed by atoms with Crippen LogP contribution in [0.2, 0.25) is 0 Å².